The molecule has 1 fully saturated rings. The molecular formula is C24H27N5O2S. The summed E-state index contributed by atoms with van der Waals surface area (Å²) in [5.41, 5.74) is 4.15. The maximum atomic E-state index is 11.8. The van der Waals surface area contributed by atoms with E-state index in [0.717, 1.165) is 42.8 Å². The third kappa shape index (κ3) is 4.15. The second-order valence-electron chi connectivity index (χ2n) is 8.31. The number of nitrogens with zero attached hydrogens (tertiary/aromatic N) is 4. The molecule has 1 saturated heterocycles. The number of nitriles is 1. The van der Waals surface area contributed by atoms with Crippen LogP contribution in [0.25, 0.3) is 27.6 Å². The van der Waals surface area contributed by atoms with Gasteiger partial charge in [0.15, 0.2) is 4.91 Å². The number of sulfonamides is 1. The first-order valence-electron chi connectivity index (χ1n) is 10.5. The van der Waals surface area contributed by atoms with E-state index in [1.165, 1.54) is 11.1 Å². The first-order chi connectivity index (χ1) is 15.2. The van der Waals surface area contributed by atoms with Crippen molar-refractivity contribution in [3.63, 3.8) is 0 Å². The van der Waals surface area contributed by atoms with Gasteiger partial charge in [0.1, 0.15) is 6.07 Å². The molecule has 0 radical (unpaired) electrons. The van der Waals surface area contributed by atoms with Gasteiger partial charge in [-0.15, -0.1) is 0 Å². The zero-order chi connectivity index (χ0) is 23.0. The number of aromatic nitrogens is 1. The van der Waals surface area contributed by atoms with Gasteiger partial charge in [-0.1, -0.05) is 18.2 Å². The molecule has 8 heteroatoms. The summed E-state index contributed by atoms with van der Waals surface area (Å²) >= 11 is 0. The van der Waals surface area contributed by atoms with Crippen LogP contribution in [0, 0.1) is 11.3 Å². The van der Waals surface area contributed by atoms with Gasteiger partial charge in [0.05, 0.1) is 0 Å². The second-order valence-corrected chi connectivity index (χ2v) is 9.81. The van der Waals surface area contributed by atoms with Gasteiger partial charge in [-0.25, -0.2) is 13.6 Å². The summed E-state index contributed by atoms with van der Waals surface area (Å²) in [7, 11) is -0.0728. The predicted octanol–water partition coefficient (Wildman–Crippen LogP) is 3.14. The zero-order valence-corrected chi connectivity index (χ0v) is 19.4. The highest BCUT2D eigenvalue weighted by molar-refractivity contribution is 7.93. The minimum Gasteiger partial charge on any atom is -0.369 e. The van der Waals surface area contributed by atoms with E-state index in [9.17, 15) is 13.7 Å². The van der Waals surface area contributed by atoms with Gasteiger partial charge in [-0.05, 0) is 60.6 Å². The molecule has 2 N–H and O–H groups in total. The summed E-state index contributed by atoms with van der Waals surface area (Å²) in [6.45, 7) is 5.80. The summed E-state index contributed by atoms with van der Waals surface area (Å²) < 4.78 is 25.4. The van der Waals surface area contributed by atoms with E-state index >= 15 is 0 Å². The standard InChI is InChI=1S/C24H27N5O2S/c1-17(24(16-25)32(26,30)31)22-8-9-23(28(22)3)20-5-4-19-15-21(7-6-18(19)14-20)29-12-10-27(2)11-13-29/h4-9,14-15H,10-13H2,1-3H3,(H2,26,30,31)/b24-17+. The maximum Gasteiger partial charge on any atom is 0.248 e. The van der Waals surface area contributed by atoms with Crippen LogP contribution in [0.2, 0.25) is 0 Å². The van der Waals surface area contributed by atoms with E-state index in [2.05, 4.69) is 53.2 Å². The van der Waals surface area contributed by atoms with Crippen LogP contribution < -0.4 is 10.0 Å². The average Bonchev–Trinajstić information content (AvgIpc) is 3.14. The van der Waals surface area contributed by atoms with Crippen LogP contribution in [-0.4, -0.2) is 51.1 Å². The Morgan fingerprint density at radius 1 is 0.969 bits per heavy atom. The van der Waals surface area contributed by atoms with Crippen molar-refractivity contribution in [3.05, 3.63) is 59.1 Å². The van der Waals surface area contributed by atoms with Gasteiger partial charge in [0.25, 0.3) is 0 Å². The van der Waals surface area contributed by atoms with E-state index in [1.54, 1.807) is 13.0 Å². The van der Waals surface area contributed by atoms with Crippen molar-refractivity contribution in [3.8, 4) is 17.3 Å². The molecule has 1 aromatic heterocycles. The molecule has 32 heavy (non-hydrogen) atoms. The topological polar surface area (TPSA) is 95.4 Å². The number of hydrogen-bond acceptors (Lipinski definition) is 5. The summed E-state index contributed by atoms with van der Waals surface area (Å²) in [5.74, 6) is 0. The molecule has 0 spiro atoms. The van der Waals surface area contributed by atoms with Crippen LogP contribution >= 0.6 is 0 Å². The highest BCUT2D eigenvalue weighted by Gasteiger charge is 2.19. The van der Waals surface area contributed by atoms with Gasteiger partial charge in [-0.3, -0.25) is 0 Å². The van der Waals surface area contributed by atoms with E-state index in [-0.39, 0.29) is 0 Å². The lowest BCUT2D eigenvalue weighted by Crippen LogP contribution is -2.44. The molecule has 0 atom stereocenters. The summed E-state index contributed by atoms with van der Waals surface area (Å²) in [4.78, 5) is 4.35. The Bertz CT molecular complexity index is 1360. The summed E-state index contributed by atoms with van der Waals surface area (Å²) in [6.07, 6.45) is 0. The summed E-state index contributed by atoms with van der Waals surface area (Å²) in [6, 6.07) is 18.3. The number of anilines is 1. The van der Waals surface area contributed by atoms with Crippen molar-refractivity contribution < 1.29 is 8.42 Å². The molecule has 1 aliphatic heterocycles. The van der Waals surface area contributed by atoms with Crippen molar-refractivity contribution in [1.29, 1.82) is 5.26 Å². The van der Waals surface area contributed by atoms with Gasteiger partial charge in [0, 0.05) is 55.9 Å². The van der Waals surface area contributed by atoms with Crippen LogP contribution in [0.15, 0.2) is 53.4 Å². The smallest absolute Gasteiger partial charge is 0.248 e. The van der Waals surface area contributed by atoms with Crippen LogP contribution in [0.4, 0.5) is 5.69 Å². The number of likely N-dealkylation sites (N-methyl/N-ethyl adjacent to an activating group) is 1. The average molecular weight is 450 g/mol. The Labute approximate surface area is 189 Å². The molecular weight excluding hydrogens is 422 g/mol. The molecule has 0 unspecified atom stereocenters. The Morgan fingerprint density at radius 2 is 1.62 bits per heavy atom. The van der Waals surface area contributed by atoms with Crippen LogP contribution in [-0.2, 0) is 17.1 Å². The Hall–Kier alpha value is -3.12. The maximum absolute atomic E-state index is 11.8. The number of allylic oxidation sites excluding steroid dienone is 2. The predicted molar refractivity (Wildman–Crippen MR) is 129 cm³/mol. The normalized spacial score (nSPS) is 16.2. The van der Waals surface area contributed by atoms with Crippen molar-refractivity contribution in [1.82, 2.24) is 9.47 Å². The zero-order valence-electron chi connectivity index (χ0n) is 18.5. The quantitative estimate of drug-likeness (QED) is 0.618. The number of rotatable bonds is 4. The molecule has 4 rings (SSSR count). The molecule has 0 aliphatic carbocycles. The van der Waals surface area contributed by atoms with Crippen molar-refractivity contribution >= 4 is 32.1 Å². The highest BCUT2D eigenvalue weighted by atomic mass is 32.2. The number of benzene rings is 2. The number of primary sulfonamides is 1. The Morgan fingerprint density at radius 3 is 2.28 bits per heavy atom. The van der Waals surface area contributed by atoms with Crippen LogP contribution in [0.5, 0.6) is 0 Å². The van der Waals surface area contributed by atoms with Gasteiger partial charge < -0.3 is 14.4 Å². The van der Waals surface area contributed by atoms with Crippen LogP contribution in [0.3, 0.4) is 0 Å². The molecule has 0 amide bonds. The Balaban J connectivity index is 1.69. The van der Waals surface area contributed by atoms with E-state index in [0.29, 0.717) is 11.3 Å². The lowest BCUT2D eigenvalue weighted by atomic mass is 10.0. The fraction of sp³-hybridized carbons (Fsp3) is 0.292. The molecule has 1 aliphatic rings. The molecule has 166 valence electrons. The number of fused-ring (bicyclic) bond motifs is 1. The van der Waals surface area contributed by atoms with Gasteiger partial charge in [-0.2, -0.15) is 5.26 Å². The lowest BCUT2D eigenvalue weighted by Gasteiger charge is -2.34. The van der Waals surface area contributed by atoms with Crippen LogP contribution in [0.1, 0.15) is 12.6 Å². The number of nitrogens with two attached hydrogens (primary N) is 1. The van der Waals surface area contributed by atoms with E-state index in [1.807, 2.05) is 23.7 Å². The third-order valence-corrected chi connectivity index (χ3v) is 7.19. The SMILES string of the molecule is C/C(=C(/C#N)S(N)(=O)=O)c1ccc(-c2ccc3cc(N4CCN(C)CC4)ccc3c2)n1C. The fourth-order valence-corrected chi connectivity index (χ4v) is 4.97. The minimum absolute atomic E-state index is 0.335. The van der Waals surface area contributed by atoms with Crippen molar-refractivity contribution in [2.24, 2.45) is 12.2 Å². The van der Waals surface area contributed by atoms with Crippen molar-refractivity contribution in [2.75, 3.05) is 38.1 Å². The largest absolute Gasteiger partial charge is 0.369 e. The molecule has 3 aromatic rings. The lowest BCUT2D eigenvalue weighted by molar-refractivity contribution is 0.313. The number of hydrogen-bond donors (Lipinski definition) is 1. The molecule has 7 nitrogen and oxygen atoms in total. The molecule has 0 saturated carbocycles. The Kier molecular flexibility index (Phi) is 5.82. The van der Waals surface area contributed by atoms with Crippen molar-refractivity contribution in [2.45, 2.75) is 6.92 Å². The van der Waals surface area contributed by atoms with Gasteiger partial charge in [0.2, 0.25) is 10.0 Å². The second kappa shape index (κ2) is 8.43. The molecule has 2 aromatic carbocycles. The molecule has 0 bridgehead atoms. The van der Waals surface area contributed by atoms with E-state index < -0.39 is 14.9 Å². The summed E-state index contributed by atoms with van der Waals surface area (Å²) in [5, 5.41) is 16.8. The fourth-order valence-electron chi connectivity index (χ4n) is 4.31. The third-order valence-electron chi connectivity index (χ3n) is 6.22. The highest BCUT2D eigenvalue weighted by Crippen LogP contribution is 2.31. The number of piperazine rings is 1. The first kappa shape index (κ1) is 22.1. The monoisotopic (exact) mass is 449 g/mol. The minimum atomic E-state index is -4.08. The first-order valence-corrected chi connectivity index (χ1v) is 12.0. The van der Waals surface area contributed by atoms with Gasteiger partial charge >= 0.3 is 0 Å². The van der Waals surface area contributed by atoms with E-state index in [4.69, 9.17) is 5.14 Å². The molecule has 2 heterocycles.